The van der Waals surface area contributed by atoms with E-state index in [1.807, 2.05) is 6.07 Å². The highest BCUT2D eigenvalue weighted by molar-refractivity contribution is 5.75. The standard InChI is InChI=1S/C17H21F2N5O/c18-17(19)7-12(8-20-9-17)15-22-14-13(1-4-21-16(14)23-15)11-2-5-24(10-25)6-3-11/h1,4,10-12,20H,2-3,5-9H2,(H,21,22,23). The van der Waals surface area contributed by atoms with Crippen LogP contribution in [0.3, 0.4) is 0 Å². The molecule has 1 amide bonds. The molecule has 25 heavy (non-hydrogen) atoms. The van der Waals surface area contributed by atoms with E-state index in [1.54, 1.807) is 11.1 Å². The van der Waals surface area contributed by atoms with Crippen molar-refractivity contribution in [1.29, 1.82) is 0 Å². The van der Waals surface area contributed by atoms with E-state index in [0.717, 1.165) is 43.4 Å². The van der Waals surface area contributed by atoms with Crippen LogP contribution in [0, 0.1) is 0 Å². The highest BCUT2D eigenvalue weighted by Gasteiger charge is 2.38. The SMILES string of the molecule is O=CN1CCC(c2ccnc3[nH]c(C4CNCC(F)(F)C4)nc23)CC1. The zero-order valence-electron chi connectivity index (χ0n) is 13.8. The van der Waals surface area contributed by atoms with E-state index in [0.29, 0.717) is 23.9 Å². The van der Waals surface area contributed by atoms with Gasteiger partial charge in [0.05, 0.1) is 6.54 Å². The van der Waals surface area contributed by atoms with Crippen LogP contribution in [0.5, 0.6) is 0 Å². The topological polar surface area (TPSA) is 73.9 Å². The minimum atomic E-state index is -2.71. The second-order valence-corrected chi connectivity index (χ2v) is 7.02. The largest absolute Gasteiger partial charge is 0.345 e. The average molecular weight is 349 g/mol. The molecule has 0 saturated carbocycles. The number of carbonyl (C=O) groups excluding carboxylic acids is 1. The summed E-state index contributed by atoms with van der Waals surface area (Å²) in [5.41, 5.74) is 2.52. The summed E-state index contributed by atoms with van der Waals surface area (Å²) in [6.07, 6.45) is 4.18. The predicted octanol–water partition coefficient (Wildman–Crippen LogP) is 2.01. The number of amides is 1. The normalized spacial score (nSPS) is 24.6. The van der Waals surface area contributed by atoms with Gasteiger partial charge in [0.25, 0.3) is 5.92 Å². The van der Waals surface area contributed by atoms with Crippen LogP contribution in [0.25, 0.3) is 11.2 Å². The van der Waals surface area contributed by atoms with Gasteiger partial charge >= 0.3 is 0 Å². The van der Waals surface area contributed by atoms with Gasteiger partial charge in [-0.2, -0.15) is 0 Å². The van der Waals surface area contributed by atoms with Gasteiger partial charge in [-0.05, 0) is 30.4 Å². The smallest absolute Gasteiger partial charge is 0.261 e. The first-order valence-corrected chi connectivity index (χ1v) is 8.68. The maximum Gasteiger partial charge on any atom is 0.261 e. The summed E-state index contributed by atoms with van der Waals surface area (Å²) < 4.78 is 27.4. The Kier molecular flexibility index (Phi) is 4.15. The zero-order valence-corrected chi connectivity index (χ0v) is 13.8. The number of imidazole rings is 1. The number of likely N-dealkylation sites (tertiary alicyclic amines) is 1. The number of H-pyrrole nitrogens is 1. The minimum absolute atomic E-state index is 0.202. The highest BCUT2D eigenvalue weighted by atomic mass is 19.3. The molecule has 0 aliphatic carbocycles. The summed E-state index contributed by atoms with van der Waals surface area (Å²) in [5.74, 6) is -2.17. The molecule has 2 saturated heterocycles. The molecule has 8 heteroatoms. The maximum absolute atomic E-state index is 13.7. The van der Waals surface area contributed by atoms with Gasteiger partial charge in [-0.3, -0.25) is 4.79 Å². The van der Waals surface area contributed by atoms with Crippen molar-refractivity contribution in [1.82, 2.24) is 25.2 Å². The Labute approximate surface area is 144 Å². The number of aromatic amines is 1. The first kappa shape index (κ1) is 16.4. The van der Waals surface area contributed by atoms with Crippen molar-refractivity contribution in [2.45, 2.75) is 37.0 Å². The molecule has 2 fully saturated rings. The van der Waals surface area contributed by atoms with Crippen LogP contribution in [0.15, 0.2) is 12.3 Å². The van der Waals surface area contributed by atoms with Gasteiger partial charge in [-0.1, -0.05) is 0 Å². The Hall–Kier alpha value is -2.09. The van der Waals surface area contributed by atoms with Gasteiger partial charge in [-0.25, -0.2) is 18.7 Å². The molecular weight excluding hydrogens is 328 g/mol. The van der Waals surface area contributed by atoms with Crippen LogP contribution >= 0.6 is 0 Å². The average Bonchev–Trinajstić information content (AvgIpc) is 3.05. The molecule has 4 heterocycles. The van der Waals surface area contributed by atoms with Crippen molar-refractivity contribution in [3.05, 3.63) is 23.7 Å². The van der Waals surface area contributed by atoms with Crippen LogP contribution < -0.4 is 5.32 Å². The summed E-state index contributed by atoms with van der Waals surface area (Å²) in [7, 11) is 0. The lowest BCUT2D eigenvalue weighted by Crippen LogP contribution is -2.43. The molecule has 6 nitrogen and oxygen atoms in total. The third kappa shape index (κ3) is 3.22. The maximum atomic E-state index is 13.7. The fourth-order valence-corrected chi connectivity index (χ4v) is 3.91. The first-order valence-electron chi connectivity index (χ1n) is 8.68. The second kappa shape index (κ2) is 6.33. The molecule has 2 aliphatic rings. The number of hydrogen-bond donors (Lipinski definition) is 2. The Morgan fingerprint density at radius 1 is 1.28 bits per heavy atom. The molecule has 1 atom stereocenters. The molecule has 4 rings (SSSR count). The monoisotopic (exact) mass is 349 g/mol. The molecule has 1 unspecified atom stereocenters. The number of pyridine rings is 1. The number of fused-ring (bicyclic) bond motifs is 1. The van der Waals surface area contributed by atoms with Crippen LogP contribution in [-0.4, -0.2) is 58.4 Å². The van der Waals surface area contributed by atoms with Gasteiger partial charge in [0.2, 0.25) is 6.41 Å². The fourth-order valence-electron chi connectivity index (χ4n) is 3.91. The Balaban J connectivity index is 1.62. The van der Waals surface area contributed by atoms with E-state index in [2.05, 4.69) is 20.3 Å². The molecule has 2 N–H and O–H groups in total. The van der Waals surface area contributed by atoms with E-state index in [-0.39, 0.29) is 18.9 Å². The van der Waals surface area contributed by atoms with E-state index in [1.165, 1.54) is 0 Å². The number of nitrogens with zero attached hydrogens (tertiary/aromatic N) is 3. The Bertz CT molecular complexity index is 769. The van der Waals surface area contributed by atoms with Crippen LogP contribution in [0.1, 0.15) is 42.5 Å². The van der Waals surface area contributed by atoms with Gasteiger partial charge in [-0.15, -0.1) is 0 Å². The fraction of sp³-hybridized carbons (Fsp3) is 0.588. The molecule has 0 radical (unpaired) electrons. The number of nitrogens with one attached hydrogen (secondary N) is 2. The van der Waals surface area contributed by atoms with Crippen LogP contribution in [0.4, 0.5) is 8.78 Å². The number of halogens is 2. The lowest BCUT2D eigenvalue weighted by molar-refractivity contribution is -0.119. The van der Waals surface area contributed by atoms with Crippen molar-refractivity contribution >= 4 is 17.6 Å². The molecule has 0 bridgehead atoms. The predicted molar refractivity (Wildman–Crippen MR) is 88.7 cm³/mol. The summed E-state index contributed by atoms with van der Waals surface area (Å²) in [5, 5.41) is 2.79. The van der Waals surface area contributed by atoms with Gasteiger partial charge in [0.1, 0.15) is 11.3 Å². The summed E-state index contributed by atoms with van der Waals surface area (Å²) >= 11 is 0. The Morgan fingerprint density at radius 3 is 2.80 bits per heavy atom. The number of hydrogen-bond acceptors (Lipinski definition) is 4. The lowest BCUT2D eigenvalue weighted by Gasteiger charge is -2.29. The van der Waals surface area contributed by atoms with Crippen molar-refractivity contribution in [3.8, 4) is 0 Å². The zero-order chi connectivity index (χ0) is 17.4. The third-order valence-corrected chi connectivity index (χ3v) is 5.26. The third-order valence-electron chi connectivity index (χ3n) is 5.26. The summed E-state index contributed by atoms with van der Waals surface area (Å²) in [6, 6.07) is 1.96. The number of aromatic nitrogens is 3. The number of rotatable bonds is 3. The van der Waals surface area contributed by atoms with Crippen LogP contribution in [-0.2, 0) is 4.79 Å². The summed E-state index contributed by atoms with van der Waals surface area (Å²) in [4.78, 5) is 24.8. The van der Waals surface area contributed by atoms with E-state index in [4.69, 9.17) is 0 Å². The molecule has 134 valence electrons. The quantitative estimate of drug-likeness (QED) is 0.832. The number of carbonyl (C=O) groups is 1. The number of alkyl halides is 2. The molecule has 2 aromatic heterocycles. The van der Waals surface area contributed by atoms with Gasteiger partial charge in [0, 0.05) is 38.2 Å². The molecule has 2 aliphatic heterocycles. The van der Waals surface area contributed by atoms with E-state index >= 15 is 0 Å². The van der Waals surface area contributed by atoms with Crippen molar-refractivity contribution in [2.24, 2.45) is 0 Å². The van der Waals surface area contributed by atoms with Crippen molar-refractivity contribution in [2.75, 3.05) is 26.2 Å². The second-order valence-electron chi connectivity index (χ2n) is 7.02. The van der Waals surface area contributed by atoms with Gasteiger partial charge < -0.3 is 15.2 Å². The van der Waals surface area contributed by atoms with Crippen molar-refractivity contribution < 1.29 is 13.6 Å². The first-order chi connectivity index (χ1) is 12.1. The number of piperidine rings is 2. The molecule has 2 aromatic rings. The minimum Gasteiger partial charge on any atom is -0.345 e. The molecule has 0 aromatic carbocycles. The van der Waals surface area contributed by atoms with Crippen molar-refractivity contribution in [3.63, 3.8) is 0 Å². The lowest BCUT2D eigenvalue weighted by atomic mass is 9.89. The Morgan fingerprint density at radius 2 is 2.08 bits per heavy atom. The van der Waals surface area contributed by atoms with Crippen LogP contribution in [0.2, 0.25) is 0 Å². The van der Waals surface area contributed by atoms with Gasteiger partial charge in [0.15, 0.2) is 5.65 Å². The highest BCUT2D eigenvalue weighted by Crippen LogP contribution is 2.35. The molecule has 0 spiro atoms. The van der Waals surface area contributed by atoms with E-state index in [9.17, 15) is 13.6 Å². The summed E-state index contributed by atoms with van der Waals surface area (Å²) in [6.45, 7) is 1.67. The molecular formula is C17H21F2N5O. The van der Waals surface area contributed by atoms with E-state index < -0.39 is 5.92 Å².